The van der Waals surface area contributed by atoms with E-state index in [2.05, 4.69) is 16.4 Å². The van der Waals surface area contributed by atoms with E-state index < -0.39 is 0 Å². The van der Waals surface area contributed by atoms with Crippen molar-refractivity contribution in [2.45, 2.75) is 11.9 Å². The lowest BCUT2D eigenvalue weighted by molar-refractivity contribution is 0.351. The third-order valence-electron chi connectivity index (χ3n) is 1.64. The number of hydrogen-bond donors (Lipinski definition) is 1. The first kappa shape index (κ1) is 5.47. The van der Waals surface area contributed by atoms with Gasteiger partial charge in [0.15, 0.2) is 0 Å². The SMILES string of the molecule is C1=CN2CCCSC2N1. The van der Waals surface area contributed by atoms with Gasteiger partial charge in [-0.25, -0.2) is 0 Å². The summed E-state index contributed by atoms with van der Waals surface area (Å²) in [6, 6.07) is 0. The number of nitrogens with one attached hydrogen (secondary N) is 1. The average Bonchev–Trinajstić information content (AvgIpc) is 2.33. The Labute approximate surface area is 59.3 Å². The largest absolute Gasteiger partial charge is 0.362 e. The summed E-state index contributed by atoms with van der Waals surface area (Å²) in [4.78, 5) is 2.34. The Morgan fingerprint density at radius 1 is 1.67 bits per heavy atom. The fourth-order valence-corrected chi connectivity index (χ4v) is 2.23. The Morgan fingerprint density at radius 3 is 3.56 bits per heavy atom. The number of nitrogens with zero attached hydrogens (tertiary/aromatic N) is 1. The van der Waals surface area contributed by atoms with Gasteiger partial charge in [-0.15, -0.1) is 11.8 Å². The van der Waals surface area contributed by atoms with Crippen molar-refractivity contribution < 1.29 is 0 Å². The van der Waals surface area contributed by atoms with Crippen molar-refractivity contribution >= 4 is 11.8 Å². The van der Waals surface area contributed by atoms with Crippen LogP contribution in [0.15, 0.2) is 12.4 Å². The molecule has 0 aliphatic carbocycles. The van der Waals surface area contributed by atoms with Crippen LogP contribution in [-0.4, -0.2) is 22.7 Å². The van der Waals surface area contributed by atoms with Crippen molar-refractivity contribution in [3.8, 4) is 0 Å². The topological polar surface area (TPSA) is 15.3 Å². The van der Waals surface area contributed by atoms with E-state index in [9.17, 15) is 0 Å². The molecule has 1 atom stereocenters. The summed E-state index contributed by atoms with van der Waals surface area (Å²) in [7, 11) is 0. The fourth-order valence-electron chi connectivity index (χ4n) is 1.17. The molecule has 1 fully saturated rings. The molecule has 0 amide bonds. The summed E-state index contributed by atoms with van der Waals surface area (Å²) in [6.45, 7) is 1.22. The molecule has 1 unspecified atom stereocenters. The zero-order chi connectivity index (χ0) is 6.10. The average molecular weight is 142 g/mol. The summed E-state index contributed by atoms with van der Waals surface area (Å²) >= 11 is 1.99. The molecular weight excluding hydrogens is 132 g/mol. The highest BCUT2D eigenvalue weighted by Crippen LogP contribution is 2.23. The Bertz CT molecular complexity index is 135. The maximum Gasteiger partial charge on any atom is 0.147 e. The molecule has 9 heavy (non-hydrogen) atoms. The number of fused-ring (bicyclic) bond motifs is 1. The monoisotopic (exact) mass is 142 g/mol. The summed E-state index contributed by atoms with van der Waals surface area (Å²) in [6.07, 6.45) is 5.49. The molecule has 50 valence electrons. The van der Waals surface area contributed by atoms with Crippen LogP contribution in [0.3, 0.4) is 0 Å². The van der Waals surface area contributed by atoms with E-state index >= 15 is 0 Å². The molecule has 0 aromatic rings. The van der Waals surface area contributed by atoms with Gasteiger partial charge >= 0.3 is 0 Å². The standard InChI is InChI=1S/C6H10N2S/c1-3-8-4-2-7-6(8)9-5-1/h2,4,6-7H,1,3,5H2. The smallest absolute Gasteiger partial charge is 0.147 e. The van der Waals surface area contributed by atoms with Crippen LogP contribution in [0.1, 0.15) is 6.42 Å². The summed E-state index contributed by atoms with van der Waals surface area (Å²) in [5.41, 5.74) is 0.554. The molecule has 1 saturated heterocycles. The van der Waals surface area contributed by atoms with Crippen LogP contribution in [-0.2, 0) is 0 Å². The van der Waals surface area contributed by atoms with E-state index in [1.54, 1.807) is 0 Å². The highest BCUT2D eigenvalue weighted by atomic mass is 32.2. The molecule has 2 rings (SSSR count). The first-order valence-corrected chi connectivity index (χ1v) is 4.32. The highest BCUT2D eigenvalue weighted by molar-refractivity contribution is 7.99. The molecule has 3 heteroatoms. The van der Waals surface area contributed by atoms with Gasteiger partial charge in [-0.1, -0.05) is 0 Å². The van der Waals surface area contributed by atoms with Gasteiger partial charge in [0, 0.05) is 18.9 Å². The predicted molar refractivity (Wildman–Crippen MR) is 39.8 cm³/mol. The molecule has 0 saturated carbocycles. The normalized spacial score (nSPS) is 32.0. The Kier molecular flexibility index (Phi) is 1.30. The minimum Gasteiger partial charge on any atom is -0.362 e. The number of thioether (sulfide) groups is 1. The van der Waals surface area contributed by atoms with Crippen LogP contribution in [0.25, 0.3) is 0 Å². The third kappa shape index (κ3) is 0.894. The van der Waals surface area contributed by atoms with Gasteiger partial charge < -0.3 is 10.2 Å². The van der Waals surface area contributed by atoms with E-state index in [1.807, 2.05) is 18.0 Å². The van der Waals surface area contributed by atoms with Crippen LogP contribution < -0.4 is 5.32 Å². The van der Waals surface area contributed by atoms with E-state index in [4.69, 9.17) is 0 Å². The van der Waals surface area contributed by atoms with Gasteiger partial charge in [0.1, 0.15) is 5.50 Å². The molecule has 0 bridgehead atoms. The predicted octanol–water partition coefficient (Wildman–Crippen LogP) is 0.783. The lowest BCUT2D eigenvalue weighted by Gasteiger charge is -2.29. The Morgan fingerprint density at radius 2 is 2.67 bits per heavy atom. The fraction of sp³-hybridized carbons (Fsp3) is 0.667. The van der Waals surface area contributed by atoms with E-state index in [0.717, 1.165) is 0 Å². The zero-order valence-corrected chi connectivity index (χ0v) is 6.03. The maximum atomic E-state index is 3.27. The molecule has 0 aromatic carbocycles. The molecule has 2 aliphatic rings. The number of rotatable bonds is 0. The molecule has 1 N–H and O–H groups in total. The van der Waals surface area contributed by atoms with E-state index in [-0.39, 0.29) is 0 Å². The van der Waals surface area contributed by atoms with E-state index in [1.165, 1.54) is 18.7 Å². The first-order valence-electron chi connectivity index (χ1n) is 3.27. The second-order valence-corrected chi connectivity index (χ2v) is 3.49. The first-order chi connectivity index (χ1) is 4.47. The van der Waals surface area contributed by atoms with Crippen LogP contribution in [0.5, 0.6) is 0 Å². The van der Waals surface area contributed by atoms with Crippen LogP contribution in [0.4, 0.5) is 0 Å². The van der Waals surface area contributed by atoms with Crippen molar-refractivity contribution in [3.05, 3.63) is 12.4 Å². The molecule has 0 spiro atoms. The summed E-state index contributed by atoms with van der Waals surface area (Å²) < 4.78 is 0. The Balaban J connectivity index is 2.03. The lowest BCUT2D eigenvalue weighted by atomic mass is 10.4. The summed E-state index contributed by atoms with van der Waals surface area (Å²) in [5.74, 6) is 1.30. The van der Waals surface area contributed by atoms with Gasteiger partial charge in [-0.05, 0) is 12.2 Å². The van der Waals surface area contributed by atoms with Crippen LogP contribution >= 0.6 is 11.8 Å². The van der Waals surface area contributed by atoms with E-state index in [0.29, 0.717) is 5.50 Å². The lowest BCUT2D eigenvalue weighted by Crippen LogP contribution is -2.36. The zero-order valence-electron chi connectivity index (χ0n) is 5.21. The van der Waals surface area contributed by atoms with Crippen molar-refractivity contribution in [1.82, 2.24) is 10.2 Å². The van der Waals surface area contributed by atoms with Crippen molar-refractivity contribution in [1.29, 1.82) is 0 Å². The van der Waals surface area contributed by atoms with Crippen LogP contribution in [0.2, 0.25) is 0 Å². The molecule has 2 nitrogen and oxygen atoms in total. The van der Waals surface area contributed by atoms with Crippen molar-refractivity contribution in [3.63, 3.8) is 0 Å². The van der Waals surface area contributed by atoms with Gasteiger partial charge in [0.25, 0.3) is 0 Å². The third-order valence-corrected chi connectivity index (χ3v) is 2.89. The molecule has 0 radical (unpaired) electrons. The minimum absolute atomic E-state index is 0.554. The van der Waals surface area contributed by atoms with Gasteiger partial charge in [-0.2, -0.15) is 0 Å². The minimum atomic E-state index is 0.554. The molecule has 2 heterocycles. The van der Waals surface area contributed by atoms with Gasteiger partial charge in [0.05, 0.1) is 0 Å². The van der Waals surface area contributed by atoms with Crippen molar-refractivity contribution in [2.75, 3.05) is 12.3 Å². The van der Waals surface area contributed by atoms with Gasteiger partial charge in [0.2, 0.25) is 0 Å². The molecule has 0 aromatic heterocycles. The number of hydrogen-bond acceptors (Lipinski definition) is 3. The maximum absolute atomic E-state index is 3.27. The quantitative estimate of drug-likeness (QED) is 0.538. The van der Waals surface area contributed by atoms with Crippen LogP contribution in [0, 0.1) is 0 Å². The second-order valence-electron chi connectivity index (χ2n) is 2.30. The highest BCUT2D eigenvalue weighted by Gasteiger charge is 2.21. The molecule has 2 aliphatic heterocycles. The van der Waals surface area contributed by atoms with Gasteiger partial charge in [-0.3, -0.25) is 0 Å². The molecular formula is C6H10N2S. The Hall–Kier alpha value is -0.310. The second kappa shape index (κ2) is 2.14. The van der Waals surface area contributed by atoms with Crippen molar-refractivity contribution in [2.24, 2.45) is 0 Å². The summed E-state index contributed by atoms with van der Waals surface area (Å²) in [5, 5.41) is 3.27.